The summed E-state index contributed by atoms with van der Waals surface area (Å²) in [6.45, 7) is 2.06. The summed E-state index contributed by atoms with van der Waals surface area (Å²) in [5, 5.41) is 2.51. The van der Waals surface area contributed by atoms with Crippen molar-refractivity contribution in [3.63, 3.8) is 0 Å². The smallest absolute Gasteiger partial charge is 0.446 e. The Kier molecular flexibility index (Phi) is 8.73. The lowest BCUT2D eigenvalue weighted by Gasteiger charge is -2.39. The quantitative estimate of drug-likeness (QED) is 0.487. The largest absolute Gasteiger partial charge is 0.457 e. The minimum atomic E-state index is -4.38. The number of hydrogen-bond acceptors (Lipinski definition) is 7. The van der Waals surface area contributed by atoms with E-state index in [1.54, 1.807) is 7.11 Å². The summed E-state index contributed by atoms with van der Waals surface area (Å²) in [6.07, 6.45) is 0.304. The predicted molar refractivity (Wildman–Crippen MR) is 126 cm³/mol. The van der Waals surface area contributed by atoms with E-state index >= 15 is 0 Å². The molecular formula is C23H27F3N2O5S2. The van der Waals surface area contributed by atoms with E-state index in [0.717, 1.165) is 0 Å². The second kappa shape index (κ2) is 11.2. The third-order valence-electron chi connectivity index (χ3n) is 5.86. The summed E-state index contributed by atoms with van der Waals surface area (Å²) in [5.41, 5.74) is -4.38. The SMILES string of the molecule is CNC(=O)C1(S(=O)(=O)c2ccc(Oc3ccc(SC(F)(F)F)cc3)cc2)CCN(CCOC)CC1. The number of ether oxygens (including phenoxy) is 2. The van der Waals surface area contributed by atoms with Crippen molar-refractivity contribution in [1.29, 1.82) is 0 Å². The van der Waals surface area contributed by atoms with Crippen LogP contribution in [0.4, 0.5) is 13.2 Å². The average Bonchev–Trinajstić information content (AvgIpc) is 2.83. The van der Waals surface area contributed by atoms with Gasteiger partial charge in [0.25, 0.3) is 0 Å². The second-order valence-corrected chi connectivity index (χ2v) is 11.4. The molecule has 1 saturated heterocycles. The van der Waals surface area contributed by atoms with Crippen molar-refractivity contribution in [2.75, 3.05) is 40.4 Å². The van der Waals surface area contributed by atoms with E-state index in [4.69, 9.17) is 9.47 Å². The molecular weight excluding hydrogens is 505 g/mol. The van der Waals surface area contributed by atoms with Gasteiger partial charge < -0.3 is 19.7 Å². The molecule has 3 rings (SSSR count). The normalized spacial score (nSPS) is 16.6. The summed E-state index contributed by atoms with van der Waals surface area (Å²) in [5.74, 6) is 0.0713. The molecule has 12 heteroatoms. The van der Waals surface area contributed by atoms with Crippen molar-refractivity contribution in [3.8, 4) is 11.5 Å². The van der Waals surface area contributed by atoms with Gasteiger partial charge in [-0.25, -0.2) is 8.42 Å². The first-order chi connectivity index (χ1) is 16.5. The molecule has 35 heavy (non-hydrogen) atoms. The molecule has 1 amide bonds. The van der Waals surface area contributed by atoms with Gasteiger partial charge in [-0.3, -0.25) is 4.79 Å². The Hall–Kier alpha value is -2.28. The third-order valence-corrected chi connectivity index (χ3v) is 9.11. The van der Waals surface area contributed by atoms with Crippen LogP contribution in [0.15, 0.2) is 58.3 Å². The van der Waals surface area contributed by atoms with Gasteiger partial charge in [-0.05, 0) is 73.1 Å². The summed E-state index contributed by atoms with van der Waals surface area (Å²) >= 11 is -0.223. The molecule has 1 N–H and O–H groups in total. The van der Waals surface area contributed by atoms with Gasteiger partial charge in [-0.2, -0.15) is 13.2 Å². The fourth-order valence-electron chi connectivity index (χ4n) is 3.96. The number of rotatable bonds is 9. The summed E-state index contributed by atoms with van der Waals surface area (Å²) in [6, 6.07) is 11.0. The van der Waals surface area contributed by atoms with Crippen LogP contribution < -0.4 is 10.1 Å². The van der Waals surface area contributed by atoms with Crippen molar-refractivity contribution in [2.45, 2.75) is 32.9 Å². The van der Waals surface area contributed by atoms with Crippen LogP contribution in [0.25, 0.3) is 0 Å². The highest BCUT2D eigenvalue weighted by Gasteiger charge is 2.52. The number of methoxy groups -OCH3 is 1. The summed E-state index contributed by atoms with van der Waals surface area (Å²) < 4.78 is 73.8. The molecule has 0 aromatic heterocycles. The lowest BCUT2D eigenvalue weighted by atomic mass is 9.94. The van der Waals surface area contributed by atoms with Crippen LogP contribution in [0.3, 0.4) is 0 Å². The lowest BCUT2D eigenvalue weighted by Crippen LogP contribution is -2.57. The molecule has 7 nitrogen and oxygen atoms in total. The van der Waals surface area contributed by atoms with Gasteiger partial charge in [-0.1, -0.05) is 0 Å². The highest BCUT2D eigenvalue weighted by atomic mass is 32.2. The number of halogens is 3. The Labute approximate surface area is 206 Å². The van der Waals surface area contributed by atoms with E-state index < -0.39 is 26.0 Å². The van der Waals surface area contributed by atoms with Gasteiger partial charge in [0.05, 0.1) is 11.5 Å². The Morgan fingerprint density at radius 2 is 1.60 bits per heavy atom. The number of likely N-dealkylation sites (tertiary alicyclic amines) is 1. The molecule has 1 aliphatic heterocycles. The Balaban J connectivity index is 1.75. The zero-order chi connectivity index (χ0) is 25.7. The topological polar surface area (TPSA) is 84.9 Å². The molecule has 2 aromatic carbocycles. The first-order valence-corrected chi connectivity index (χ1v) is 13.1. The van der Waals surface area contributed by atoms with Crippen LogP contribution in [0, 0.1) is 0 Å². The molecule has 1 fully saturated rings. The number of carbonyl (C=O) groups is 1. The highest BCUT2D eigenvalue weighted by Crippen LogP contribution is 2.39. The van der Waals surface area contributed by atoms with E-state index in [1.165, 1.54) is 55.6 Å². The van der Waals surface area contributed by atoms with Gasteiger partial charge in [0.2, 0.25) is 5.91 Å². The molecule has 0 atom stereocenters. The predicted octanol–water partition coefficient (Wildman–Crippen LogP) is 4.09. The summed E-state index contributed by atoms with van der Waals surface area (Å²) in [7, 11) is -1.01. The number of amides is 1. The molecule has 0 bridgehead atoms. The molecule has 1 heterocycles. The fourth-order valence-corrected chi connectivity index (χ4v) is 6.51. The molecule has 0 aliphatic carbocycles. The van der Waals surface area contributed by atoms with E-state index in [9.17, 15) is 26.4 Å². The number of nitrogens with zero attached hydrogens (tertiary/aromatic N) is 1. The zero-order valence-corrected chi connectivity index (χ0v) is 20.9. The zero-order valence-electron chi connectivity index (χ0n) is 19.3. The molecule has 0 saturated carbocycles. The van der Waals surface area contributed by atoms with Gasteiger partial charge in [0.15, 0.2) is 14.6 Å². The maximum atomic E-state index is 13.6. The molecule has 0 unspecified atom stereocenters. The number of alkyl halides is 3. The number of nitrogens with one attached hydrogen (secondary N) is 1. The second-order valence-electron chi connectivity index (χ2n) is 8.00. The minimum absolute atomic E-state index is 0.00397. The average molecular weight is 533 g/mol. The standard InChI is InChI=1S/C23H27F3N2O5S2/c1-27-21(29)22(11-13-28(14-12-22)15-16-32-2)35(30,31)20-9-5-18(6-10-20)33-17-3-7-19(8-4-17)34-23(24,25)26/h3-10H,11-16H2,1-2H3,(H,27,29). The summed E-state index contributed by atoms with van der Waals surface area (Å²) in [4.78, 5) is 14.9. The van der Waals surface area contributed by atoms with Gasteiger partial charge in [0.1, 0.15) is 11.5 Å². The maximum Gasteiger partial charge on any atom is 0.446 e. The van der Waals surface area contributed by atoms with E-state index in [2.05, 4.69) is 10.2 Å². The van der Waals surface area contributed by atoms with Gasteiger partial charge >= 0.3 is 5.51 Å². The first kappa shape index (κ1) is 27.3. The van der Waals surface area contributed by atoms with Gasteiger partial charge in [0, 0.05) is 38.7 Å². The Bertz CT molecular complexity index is 1100. The maximum absolute atomic E-state index is 13.6. The van der Waals surface area contributed by atoms with Crippen LogP contribution in [0.2, 0.25) is 0 Å². The van der Waals surface area contributed by atoms with Crippen LogP contribution in [-0.2, 0) is 19.4 Å². The van der Waals surface area contributed by atoms with E-state index in [0.29, 0.717) is 37.7 Å². The van der Waals surface area contributed by atoms with Crippen molar-refractivity contribution >= 4 is 27.5 Å². The molecule has 192 valence electrons. The Morgan fingerprint density at radius 3 is 2.09 bits per heavy atom. The first-order valence-electron chi connectivity index (χ1n) is 10.8. The number of sulfone groups is 1. The molecule has 0 spiro atoms. The number of hydrogen-bond donors (Lipinski definition) is 1. The minimum Gasteiger partial charge on any atom is -0.457 e. The van der Waals surface area contributed by atoms with Crippen molar-refractivity contribution in [2.24, 2.45) is 0 Å². The van der Waals surface area contributed by atoms with Crippen molar-refractivity contribution in [3.05, 3.63) is 48.5 Å². The highest BCUT2D eigenvalue weighted by molar-refractivity contribution is 8.00. The molecule has 2 aromatic rings. The van der Waals surface area contributed by atoms with E-state index in [-0.39, 0.29) is 34.4 Å². The van der Waals surface area contributed by atoms with Crippen LogP contribution in [0.1, 0.15) is 12.8 Å². The van der Waals surface area contributed by atoms with Crippen LogP contribution >= 0.6 is 11.8 Å². The van der Waals surface area contributed by atoms with Crippen LogP contribution in [0.5, 0.6) is 11.5 Å². The van der Waals surface area contributed by atoms with Crippen molar-refractivity contribution < 1.29 is 35.9 Å². The van der Waals surface area contributed by atoms with Gasteiger partial charge in [-0.15, -0.1) is 0 Å². The monoisotopic (exact) mass is 532 g/mol. The van der Waals surface area contributed by atoms with E-state index in [1.807, 2.05) is 0 Å². The number of benzene rings is 2. The number of carbonyl (C=O) groups excluding carboxylic acids is 1. The number of thioether (sulfide) groups is 1. The molecule has 1 aliphatic rings. The van der Waals surface area contributed by atoms with Crippen LogP contribution in [-0.4, -0.2) is 69.9 Å². The van der Waals surface area contributed by atoms with Crippen molar-refractivity contribution in [1.82, 2.24) is 10.2 Å². The Morgan fingerprint density at radius 1 is 1.06 bits per heavy atom. The fraction of sp³-hybridized carbons (Fsp3) is 0.435. The molecule has 0 radical (unpaired) electrons. The lowest BCUT2D eigenvalue weighted by molar-refractivity contribution is -0.124. The third kappa shape index (κ3) is 6.49. The number of piperidine rings is 1.